The minimum Gasteiger partial charge on any atom is -0.456 e. The number of allylic oxidation sites excluding steroid dienone is 4. The van der Waals surface area contributed by atoms with Gasteiger partial charge in [-0.1, -0.05) is 36.8 Å². The molecule has 2 fully saturated rings. The lowest BCUT2D eigenvalue weighted by Crippen LogP contribution is -2.65. The number of fused-ring (bicyclic) bond motifs is 4. The number of hydrogen-bond acceptors (Lipinski definition) is 6. The number of hydrogen-bond donors (Lipinski definition) is 2. The van der Waals surface area contributed by atoms with Crippen LogP contribution in [0.25, 0.3) is 0 Å². The maximum atomic E-state index is 15.2. The van der Waals surface area contributed by atoms with Crippen molar-refractivity contribution in [3.8, 4) is 0 Å². The SMILES string of the molecule is CC(NC(=O)OC(C)(C)C)C(=O)OC(C)c1ccc([C@H]2C[C@@]3(C)C(CC[C@@]3(O)C(F)(F)C(F)(F)F)C3CCC4=CC(=O)CCC4=C32)cc1. The molecule has 1 aromatic carbocycles. The average molecular weight is 682 g/mol. The van der Waals surface area contributed by atoms with Gasteiger partial charge in [0.05, 0.1) is 0 Å². The summed E-state index contributed by atoms with van der Waals surface area (Å²) >= 11 is 0. The average Bonchev–Trinajstić information content (AvgIpc) is 3.26. The second kappa shape index (κ2) is 12.2. The van der Waals surface area contributed by atoms with Crippen LogP contribution in [0.15, 0.2) is 47.1 Å². The van der Waals surface area contributed by atoms with Gasteiger partial charge in [-0.25, -0.2) is 9.59 Å². The number of carbonyl (C=O) groups is 3. The zero-order chi connectivity index (χ0) is 35.6. The van der Waals surface area contributed by atoms with Crippen molar-refractivity contribution in [1.82, 2.24) is 5.32 Å². The molecule has 12 heteroatoms. The number of ether oxygens (including phenoxy) is 2. The van der Waals surface area contributed by atoms with E-state index in [4.69, 9.17) is 9.47 Å². The first-order valence-corrected chi connectivity index (χ1v) is 16.5. The van der Waals surface area contributed by atoms with Crippen LogP contribution in [0.4, 0.5) is 26.7 Å². The summed E-state index contributed by atoms with van der Waals surface area (Å²) in [7, 11) is 0. The van der Waals surface area contributed by atoms with E-state index in [-0.39, 0.29) is 24.5 Å². The summed E-state index contributed by atoms with van der Waals surface area (Å²) in [6.07, 6.45) is -4.79. The van der Waals surface area contributed by atoms with Crippen LogP contribution in [0, 0.1) is 17.3 Å². The molecule has 5 rings (SSSR count). The van der Waals surface area contributed by atoms with Crippen LogP contribution in [0.2, 0.25) is 0 Å². The first-order valence-electron chi connectivity index (χ1n) is 16.5. The summed E-state index contributed by atoms with van der Waals surface area (Å²) in [6.45, 7) is 9.57. The largest absolute Gasteiger partial charge is 0.456 e. The van der Waals surface area contributed by atoms with E-state index in [0.717, 1.165) is 16.7 Å². The van der Waals surface area contributed by atoms with Crippen LogP contribution in [-0.2, 0) is 19.1 Å². The van der Waals surface area contributed by atoms with E-state index in [2.05, 4.69) is 5.32 Å². The fourth-order valence-corrected chi connectivity index (χ4v) is 8.60. The van der Waals surface area contributed by atoms with Gasteiger partial charge in [0.2, 0.25) is 0 Å². The topological polar surface area (TPSA) is 102 Å². The lowest BCUT2D eigenvalue weighted by molar-refractivity contribution is -0.362. The highest BCUT2D eigenvalue weighted by atomic mass is 19.4. The third kappa shape index (κ3) is 6.18. The standard InChI is InChI=1S/C36H44F5NO6/c1-19(42-31(45)48-32(3,4)5)30(44)47-20(2)21-7-9-22(10-8-21)27-18-33(6)28(15-16-34(33,46)35(37,38)36(39,40)41)26-13-11-23-17-24(43)12-14-25(23)29(26)27/h7-10,17,19-20,26-28,46H,11-16,18H2,1-6H3,(H,42,45)/t19?,20?,26?,27-,28?,33+,34+/m1/s1. The number of rotatable bonds is 6. The molecule has 0 aliphatic heterocycles. The van der Waals surface area contributed by atoms with Crippen LogP contribution in [-0.4, -0.2) is 52.3 Å². The maximum Gasteiger partial charge on any atom is 0.456 e. The Morgan fingerprint density at radius 1 is 1.00 bits per heavy atom. The van der Waals surface area contributed by atoms with E-state index >= 15 is 8.78 Å². The molecule has 1 amide bonds. The molecule has 7 atom stereocenters. The fraction of sp³-hybridized carbons (Fsp3) is 0.639. The summed E-state index contributed by atoms with van der Waals surface area (Å²) in [6, 6.07) is 5.93. The van der Waals surface area contributed by atoms with Gasteiger partial charge in [0.15, 0.2) is 5.78 Å². The molecular weight excluding hydrogens is 637 g/mol. The Labute approximate surface area is 277 Å². The zero-order valence-electron chi connectivity index (χ0n) is 28.1. The number of halogens is 5. The Bertz CT molecular complexity index is 1530. The van der Waals surface area contributed by atoms with Crippen molar-refractivity contribution < 1.29 is 50.9 Å². The molecule has 7 nitrogen and oxygen atoms in total. The number of ketones is 1. The Hall–Kier alpha value is -3.28. The van der Waals surface area contributed by atoms with Gasteiger partial charge >= 0.3 is 24.2 Å². The van der Waals surface area contributed by atoms with Crippen LogP contribution in [0.1, 0.15) is 110 Å². The molecule has 0 heterocycles. The summed E-state index contributed by atoms with van der Waals surface area (Å²) in [5, 5.41) is 13.9. The highest BCUT2D eigenvalue weighted by Gasteiger charge is 2.79. The van der Waals surface area contributed by atoms with Gasteiger partial charge in [-0.2, -0.15) is 22.0 Å². The van der Waals surface area contributed by atoms with Gasteiger partial charge in [-0.3, -0.25) is 4.79 Å². The quantitative estimate of drug-likeness (QED) is 0.233. The first kappa shape index (κ1) is 36.0. The fourth-order valence-electron chi connectivity index (χ4n) is 8.60. The molecule has 0 saturated heterocycles. The third-order valence-electron chi connectivity index (χ3n) is 10.9. The zero-order valence-corrected chi connectivity index (χ0v) is 28.1. The van der Waals surface area contributed by atoms with Crippen molar-refractivity contribution in [1.29, 1.82) is 0 Å². The van der Waals surface area contributed by atoms with Gasteiger partial charge in [-0.05, 0) is 113 Å². The first-order chi connectivity index (χ1) is 22.1. The molecule has 1 aromatic rings. The second-order valence-corrected chi connectivity index (χ2v) is 15.1. The van der Waals surface area contributed by atoms with Gasteiger partial charge in [0.25, 0.3) is 0 Å². The van der Waals surface area contributed by atoms with Crippen molar-refractivity contribution in [2.24, 2.45) is 17.3 Å². The monoisotopic (exact) mass is 681 g/mol. The summed E-state index contributed by atoms with van der Waals surface area (Å²) < 4.78 is 82.7. The Morgan fingerprint density at radius 3 is 2.25 bits per heavy atom. The van der Waals surface area contributed by atoms with Gasteiger partial charge in [-0.15, -0.1) is 0 Å². The number of esters is 1. The number of amides is 1. The Kier molecular flexibility index (Phi) is 9.19. The number of aliphatic hydroxyl groups is 1. The van der Waals surface area contributed by atoms with Gasteiger partial charge in [0.1, 0.15) is 23.3 Å². The lowest BCUT2D eigenvalue weighted by Gasteiger charge is -2.56. The number of benzene rings is 1. The summed E-state index contributed by atoms with van der Waals surface area (Å²) in [5.74, 6) is -7.50. The molecule has 4 aliphatic carbocycles. The maximum absolute atomic E-state index is 15.2. The van der Waals surface area contributed by atoms with Crippen LogP contribution >= 0.6 is 0 Å². The van der Waals surface area contributed by atoms with Crippen LogP contribution < -0.4 is 5.32 Å². The molecule has 2 saturated carbocycles. The van der Waals surface area contributed by atoms with Crippen molar-refractivity contribution in [2.45, 2.75) is 128 Å². The van der Waals surface area contributed by atoms with Crippen LogP contribution in [0.5, 0.6) is 0 Å². The Morgan fingerprint density at radius 2 is 1.65 bits per heavy atom. The lowest BCUT2D eigenvalue weighted by atomic mass is 9.50. The molecule has 48 heavy (non-hydrogen) atoms. The predicted octanol–water partition coefficient (Wildman–Crippen LogP) is 8.03. The Balaban J connectivity index is 1.45. The van der Waals surface area contributed by atoms with Gasteiger partial charge < -0.3 is 19.9 Å². The van der Waals surface area contributed by atoms with Crippen molar-refractivity contribution in [2.75, 3.05) is 0 Å². The van der Waals surface area contributed by atoms with Crippen LogP contribution in [0.3, 0.4) is 0 Å². The molecule has 0 aromatic heterocycles. The molecule has 4 aliphatic rings. The van der Waals surface area contributed by atoms with Crippen molar-refractivity contribution in [3.05, 3.63) is 58.2 Å². The normalized spacial score (nSPS) is 30.4. The van der Waals surface area contributed by atoms with E-state index in [1.165, 1.54) is 13.8 Å². The number of carbonyl (C=O) groups excluding carboxylic acids is 3. The van der Waals surface area contributed by atoms with E-state index in [1.54, 1.807) is 58.0 Å². The highest BCUT2D eigenvalue weighted by molar-refractivity contribution is 5.93. The molecular formula is C36H44F5NO6. The molecule has 0 bridgehead atoms. The molecule has 4 unspecified atom stereocenters. The molecule has 0 spiro atoms. The van der Waals surface area contributed by atoms with Crippen molar-refractivity contribution in [3.63, 3.8) is 0 Å². The predicted molar refractivity (Wildman–Crippen MR) is 166 cm³/mol. The van der Waals surface area contributed by atoms with E-state index in [0.29, 0.717) is 36.8 Å². The highest BCUT2D eigenvalue weighted by Crippen LogP contribution is 2.70. The number of alkyl halides is 5. The van der Waals surface area contributed by atoms with E-state index in [9.17, 15) is 32.7 Å². The molecule has 2 N–H and O–H groups in total. The molecule has 264 valence electrons. The molecule has 0 radical (unpaired) electrons. The van der Waals surface area contributed by atoms with Crippen molar-refractivity contribution >= 4 is 17.8 Å². The number of alkyl carbamates (subject to hydrolysis) is 1. The van der Waals surface area contributed by atoms with Gasteiger partial charge in [0, 0.05) is 17.8 Å². The minimum atomic E-state index is -5.92. The smallest absolute Gasteiger partial charge is 0.456 e. The van der Waals surface area contributed by atoms with E-state index in [1.807, 2.05) is 0 Å². The third-order valence-corrected chi connectivity index (χ3v) is 10.9. The summed E-state index contributed by atoms with van der Waals surface area (Å²) in [4.78, 5) is 37.1. The minimum absolute atomic E-state index is 0.00793. The summed E-state index contributed by atoms with van der Waals surface area (Å²) in [5.41, 5.74) is -1.68. The number of nitrogens with one attached hydrogen (secondary N) is 1. The van der Waals surface area contributed by atoms with E-state index < -0.39 is 71.2 Å². The second-order valence-electron chi connectivity index (χ2n) is 15.1.